The minimum Gasteiger partial charge on any atom is -0.493 e. The van der Waals surface area contributed by atoms with Crippen LogP contribution in [-0.2, 0) is 17.8 Å². The van der Waals surface area contributed by atoms with Crippen molar-refractivity contribution in [3.05, 3.63) is 54.1 Å². The van der Waals surface area contributed by atoms with E-state index in [2.05, 4.69) is 27.7 Å². The Balaban J connectivity index is 2.15. The highest BCUT2D eigenvalue weighted by Gasteiger charge is 2.19. The van der Waals surface area contributed by atoms with Crippen molar-refractivity contribution in [1.82, 2.24) is 9.78 Å². The third-order valence-corrected chi connectivity index (χ3v) is 5.03. The van der Waals surface area contributed by atoms with Crippen LogP contribution in [0.2, 0.25) is 0 Å². The minimum atomic E-state index is -0.867. The molecule has 33 heavy (non-hydrogen) atoms. The van der Waals surface area contributed by atoms with E-state index in [1.807, 2.05) is 60.1 Å². The van der Waals surface area contributed by atoms with Crippen molar-refractivity contribution >= 4 is 5.97 Å². The van der Waals surface area contributed by atoms with Gasteiger partial charge in [0.15, 0.2) is 0 Å². The second-order valence-corrected chi connectivity index (χ2v) is 9.03. The molecule has 3 aromatic rings. The summed E-state index contributed by atoms with van der Waals surface area (Å²) in [5.41, 5.74) is 4.20. The lowest BCUT2D eigenvalue weighted by atomic mass is 10.0. The molecule has 6 heteroatoms. The lowest BCUT2D eigenvalue weighted by Gasteiger charge is -2.13. The average molecular weight is 451 g/mol. The van der Waals surface area contributed by atoms with Gasteiger partial charge in [0.2, 0.25) is 0 Å². The van der Waals surface area contributed by atoms with Gasteiger partial charge < -0.3 is 14.6 Å². The molecule has 3 rings (SSSR count). The van der Waals surface area contributed by atoms with Gasteiger partial charge in [-0.25, -0.2) is 0 Å². The molecule has 0 saturated heterocycles. The zero-order valence-electron chi connectivity index (χ0n) is 20.2. The van der Waals surface area contributed by atoms with Crippen LogP contribution in [0, 0.1) is 11.8 Å². The molecule has 176 valence electrons. The largest absolute Gasteiger partial charge is 0.493 e. The Morgan fingerprint density at radius 3 is 2.36 bits per heavy atom. The molecular formula is C27H34N2O4. The Morgan fingerprint density at radius 2 is 1.70 bits per heavy atom. The Labute approximate surface area is 196 Å². The van der Waals surface area contributed by atoms with Crippen LogP contribution in [0.1, 0.15) is 40.2 Å². The van der Waals surface area contributed by atoms with E-state index < -0.39 is 5.97 Å². The normalized spacial score (nSPS) is 11.2. The Bertz CT molecular complexity index is 1090. The molecule has 0 atom stereocenters. The maximum absolute atomic E-state index is 11.3. The Hall–Kier alpha value is -3.28. The number of rotatable bonds is 11. The molecule has 0 aliphatic rings. The van der Waals surface area contributed by atoms with E-state index in [-0.39, 0.29) is 6.42 Å². The molecule has 0 aliphatic carbocycles. The van der Waals surface area contributed by atoms with Crippen LogP contribution in [0.15, 0.2) is 48.5 Å². The van der Waals surface area contributed by atoms with E-state index in [9.17, 15) is 9.90 Å². The van der Waals surface area contributed by atoms with Gasteiger partial charge in [0.25, 0.3) is 0 Å². The zero-order valence-corrected chi connectivity index (χ0v) is 20.2. The van der Waals surface area contributed by atoms with Crippen LogP contribution >= 0.6 is 0 Å². The van der Waals surface area contributed by atoms with E-state index in [1.165, 1.54) is 0 Å². The monoisotopic (exact) mass is 450 g/mol. The predicted octanol–water partition coefficient (Wildman–Crippen LogP) is 5.93. The summed E-state index contributed by atoms with van der Waals surface area (Å²) in [7, 11) is 0. The first-order chi connectivity index (χ1) is 15.8. The van der Waals surface area contributed by atoms with Crippen LogP contribution in [0.4, 0.5) is 0 Å². The molecule has 0 aliphatic heterocycles. The quantitative estimate of drug-likeness (QED) is 0.392. The van der Waals surface area contributed by atoms with Gasteiger partial charge in [0, 0.05) is 17.7 Å². The SMILES string of the molecule is CCOc1ccccc1-c1cc(-c2cc(CC(=O)O)ccc2OCC(C)C)nn1CC(C)C. The maximum atomic E-state index is 11.3. The fourth-order valence-electron chi connectivity index (χ4n) is 3.65. The number of carboxylic acids is 1. The van der Waals surface area contributed by atoms with Gasteiger partial charge in [-0.05, 0) is 54.7 Å². The van der Waals surface area contributed by atoms with Crippen LogP contribution in [-0.4, -0.2) is 34.1 Å². The van der Waals surface area contributed by atoms with Crippen molar-refractivity contribution in [1.29, 1.82) is 0 Å². The third kappa shape index (κ3) is 6.37. The van der Waals surface area contributed by atoms with E-state index in [1.54, 1.807) is 0 Å². The summed E-state index contributed by atoms with van der Waals surface area (Å²) >= 11 is 0. The molecule has 0 spiro atoms. The zero-order chi connectivity index (χ0) is 24.0. The fraction of sp³-hybridized carbons (Fsp3) is 0.407. The number of para-hydroxylation sites is 1. The summed E-state index contributed by atoms with van der Waals surface area (Å²) in [6.07, 6.45) is -0.0514. The molecular weight excluding hydrogens is 416 g/mol. The van der Waals surface area contributed by atoms with Crippen molar-refractivity contribution in [3.8, 4) is 34.0 Å². The molecule has 1 heterocycles. The molecule has 1 aromatic heterocycles. The van der Waals surface area contributed by atoms with Crippen molar-refractivity contribution in [2.75, 3.05) is 13.2 Å². The number of hydrogen-bond donors (Lipinski definition) is 1. The molecule has 0 radical (unpaired) electrons. The number of benzene rings is 2. The number of carboxylic acid groups (broad SMARTS) is 1. The van der Waals surface area contributed by atoms with Crippen LogP contribution in [0.3, 0.4) is 0 Å². The summed E-state index contributed by atoms with van der Waals surface area (Å²) in [6, 6.07) is 15.6. The summed E-state index contributed by atoms with van der Waals surface area (Å²) in [4.78, 5) is 11.3. The lowest BCUT2D eigenvalue weighted by molar-refractivity contribution is -0.136. The van der Waals surface area contributed by atoms with Gasteiger partial charge in [0.1, 0.15) is 11.5 Å². The number of ether oxygens (including phenoxy) is 2. The standard InChI is InChI=1S/C27H34N2O4/c1-6-32-25-10-8-7-9-21(25)24-15-23(28-29(24)16-18(2)3)22-13-20(14-27(30)31)11-12-26(22)33-17-19(4)5/h7-13,15,18-19H,6,14,16-17H2,1-5H3,(H,30,31). The smallest absolute Gasteiger partial charge is 0.307 e. The van der Waals surface area contributed by atoms with Gasteiger partial charge in [0.05, 0.1) is 31.0 Å². The van der Waals surface area contributed by atoms with E-state index in [4.69, 9.17) is 14.6 Å². The summed E-state index contributed by atoms with van der Waals surface area (Å²) in [6.45, 7) is 12.4. The molecule has 1 N–H and O–H groups in total. The second kappa shape index (κ2) is 11.0. The fourth-order valence-corrected chi connectivity index (χ4v) is 3.65. The number of nitrogens with zero attached hydrogens (tertiary/aromatic N) is 2. The molecule has 2 aromatic carbocycles. The Kier molecular flexibility index (Phi) is 8.15. The van der Waals surface area contributed by atoms with Crippen LogP contribution in [0.25, 0.3) is 22.5 Å². The number of aromatic nitrogens is 2. The Morgan fingerprint density at radius 1 is 0.970 bits per heavy atom. The first-order valence-electron chi connectivity index (χ1n) is 11.6. The van der Waals surface area contributed by atoms with Crippen molar-refractivity contribution in [3.63, 3.8) is 0 Å². The van der Waals surface area contributed by atoms with Gasteiger partial charge in [-0.1, -0.05) is 45.9 Å². The number of hydrogen-bond acceptors (Lipinski definition) is 4. The van der Waals surface area contributed by atoms with Crippen LogP contribution < -0.4 is 9.47 Å². The third-order valence-electron chi connectivity index (χ3n) is 5.03. The summed E-state index contributed by atoms with van der Waals surface area (Å²) < 4.78 is 14.0. The van der Waals surface area contributed by atoms with Gasteiger partial charge in [-0.15, -0.1) is 0 Å². The van der Waals surface area contributed by atoms with Crippen LogP contribution in [0.5, 0.6) is 11.5 Å². The van der Waals surface area contributed by atoms with Gasteiger partial charge >= 0.3 is 5.97 Å². The average Bonchev–Trinajstić information content (AvgIpc) is 3.15. The van der Waals surface area contributed by atoms with Crippen molar-refractivity contribution < 1.29 is 19.4 Å². The number of carbonyl (C=O) groups is 1. The van der Waals surface area contributed by atoms with E-state index in [0.717, 1.165) is 34.8 Å². The molecule has 0 amide bonds. The predicted molar refractivity (Wildman–Crippen MR) is 131 cm³/mol. The maximum Gasteiger partial charge on any atom is 0.307 e. The van der Waals surface area contributed by atoms with Crippen molar-refractivity contribution in [2.24, 2.45) is 11.8 Å². The molecule has 0 unspecified atom stereocenters. The van der Waals surface area contributed by atoms with Gasteiger partial charge in [-0.3, -0.25) is 9.48 Å². The van der Waals surface area contributed by atoms with E-state index >= 15 is 0 Å². The van der Waals surface area contributed by atoms with Crippen molar-refractivity contribution in [2.45, 2.75) is 47.6 Å². The molecule has 6 nitrogen and oxygen atoms in total. The first-order valence-corrected chi connectivity index (χ1v) is 11.6. The second-order valence-electron chi connectivity index (χ2n) is 9.03. The lowest BCUT2D eigenvalue weighted by Crippen LogP contribution is -2.09. The summed E-state index contributed by atoms with van der Waals surface area (Å²) in [5, 5.41) is 14.2. The number of aliphatic carboxylic acids is 1. The van der Waals surface area contributed by atoms with E-state index in [0.29, 0.717) is 36.4 Å². The topological polar surface area (TPSA) is 73.6 Å². The highest BCUT2D eigenvalue weighted by atomic mass is 16.5. The first kappa shape index (κ1) is 24.4. The summed E-state index contributed by atoms with van der Waals surface area (Å²) in [5.74, 6) is 1.41. The highest BCUT2D eigenvalue weighted by molar-refractivity contribution is 5.77. The highest BCUT2D eigenvalue weighted by Crippen LogP contribution is 2.37. The molecule has 0 fully saturated rings. The van der Waals surface area contributed by atoms with Gasteiger partial charge in [-0.2, -0.15) is 5.10 Å². The molecule has 0 saturated carbocycles. The molecule has 0 bridgehead atoms. The minimum absolute atomic E-state index is 0.0514.